The lowest BCUT2D eigenvalue weighted by Gasteiger charge is -2.45. The summed E-state index contributed by atoms with van der Waals surface area (Å²) in [6.45, 7) is 11.7. The van der Waals surface area contributed by atoms with Gasteiger partial charge in [-0.3, -0.25) is 19.1 Å². The van der Waals surface area contributed by atoms with Gasteiger partial charge in [0, 0.05) is 6.92 Å². The Balaban J connectivity index is 1.66. The fourth-order valence-electron chi connectivity index (χ4n) is 6.28. The Kier molecular flexibility index (Phi) is 9.92. The predicted octanol–water partition coefficient (Wildman–Crippen LogP) is 4.22. The molecule has 1 aliphatic heterocycles. The average Bonchev–Trinajstić information content (AvgIpc) is 3.35. The van der Waals surface area contributed by atoms with E-state index in [-0.39, 0.29) is 13.2 Å². The number of nitrogens with zero attached hydrogens (tertiary/aromatic N) is 1. The average molecular weight is 659 g/mol. The Hall–Kier alpha value is -4.42. The monoisotopic (exact) mass is 658 g/mol. The quantitative estimate of drug-likeness (QED) is 0.146. The van der Waals surface area contributed by atoms with E-state index in [1.807, 2.05) is 71.7 Å². The van der Waals surface area contributed by atoms with Crippen molar-refractivity contribution in [3.8, 4) is 0 Å². The fourth-order valence-corrected chi connectivity index (χ4v) is 10.9. The van der Waals surface area contributed by atoms with Crippen molar-refractivity contribution in [2.24, 2.45) is 0 Å². The number of aromatic nitrogens is 2. The number of hydrogen-bond acceptors (Lipinski definition) is 7. The standard InChI is InChI=1S/C36H39FN2O7Si/c1-6-36(24-44-47(35(3,4)5,27-18-12-8-13-19-27)28-20-14-9-15-21-28)31(43-23-26-16-10-7-11-17-26)30(45-25(2)40)33(46-36)39-22-29(37)32(41)38-34(39)42/h6-22,30-31,33H,1,23-24H2,2-5H3,(H,38,41,42)/t30-,31+,33-,36-/m1/s1. The molecule has 0 saturated carbocycles. The zero-order valence-electron chi connectivity index (χ0n) is 26.9. The Labute approximate surface area is 273 Å². The zero-order valence-corrected chi connectivity index (χ0v) is 27.9. The maximum Gasteiger partial charge on any atom is 0.330 e. The molecule has 5 rings (SSSR count). The van der Waals surface area contributed by atoms with Gasteiger partial charge < -0.3 is 18.6 Å². The third-order valence-corrected chi connectivity index (χ3v) is 13.4. The third kappa shape index (κ3) is 6.70. The van der Waals surface area contributed by atoms with Gasteiger partial charge in [0.2, 0.25) is 5.82 Å². The van der Waals surface area contributed by atoms with Gasteiger partial charge in [-0.05, 0) is 21.0 Å². The normalized spacial score (nSPS) is 21.3. The maximum atomic E-state index is 14.6. The Morgan fingerprint density at radius 1 is 1.00 bits per heavy atom. The number of carbonyl (C=O) groups excluding carboxylic acids is 1. The van der Waals surface area contributed by atoms with Crippen LogP contribution in [0, 0.1) is 5.82 Å². The largest absolute Gasteiger partial charge is 0.455 e. The lowest BCUT2D eigenvalue weighted by molar-refractivity contribution is -0.158. The third-order valence-electron chi connectivity index (χ3n) is 8.45. The molecular weight excluding hydrogens is 619 g/mol. The van der Waals surface area contributed by atoms with Crippen molar-refractivity contribution in [1.82, 2.24) is 9.55 Å². The molecule has 9 nitrogen and oxygen atoms in total. The van der Waals surface area contributed by atoms with Crippen molar-refractivity contribution in [1.29, 1.82) is 0 Å². The van der Waals surface area contributed by atoms with E-state index in [9.17, 15) is 18.8 Å². The van der Waals surface area contributed by atoms with E-state index in [1.54, 1.807) is 0 Å². The molecule has 0 bridgehead atoms. The van der Waals surface area contributed by atoms with E-state index in [2.05, 4.69) is 51.6 Å². The van der Waals surface area contributed by atoms with E-state index in [0.717, 1.165) is 26.7 Å². The summed E-state index contributed by atoms with van der Waals surface area (Å²) >= 11 is 0. The van der Waals surface area contributed by atoms with Crippen molar-refractivity contribution < 1.29 is 27.8 Å². The molecule has 11 heteroatoms. The number of esters is 1. The number of rotatable bonds is 11. The lowest BCUT2D eigenvalue weighted by atomic mass is 9.95. The predicted molar refractivity (Wildman–Crippen MR) is 178 cm³/mol. The summed E-state index contributed by atoms with van der Waals surface area (Å²) in [4.78, 5) is 39.4. The molecule has 4 atom stereocenters. The van der Waals surface area contributed by atoms with E-state index >= 15 is 0 Å². The number of hydrogen-bond donors (Lipinski definition) is 1. The molecule has 246 valence electrons. The van der Waals surface area contributed by atoms with E-state index in [4.69, 9.17) is 18.6 Å². The van der Waals surface area contributed by atoms with Crippen LogP contribution in [0.15, 0.2) is 119 Å². The zero-order chi connectivity index (χ0) is 33.8. The molecule has 3 aromatic carbocycles. The summed E-state index contributed by atoms with van der Waals surface area (Å²) in [6.07, 6.45) is -1.49. The van der Waals surface area contributed by atoms with E-state index in [0.29, 0.717) is 0 Å². The number of halogens is 1. The summed E-state index contributed by atoms with van der Waals surface area (Å²) in [5.74, 6) is -1.89. The highest BCUT2D eigenvalue weighted by atomic mass is 28.4. The number of ether oxygens (including phenoxy) is 3. The van der Waals surface area contributed by atoms with Gasteiger partial charge in [0.25, 0.3) is 13.9 Å². The Morgan fingerprint density at radius 3 is 2.06 bits per heavy atom. The smallest absolute Gasteiger partial charge is 0.330 e. The van der Waals surface area contributed by atoms with Crippen LogP contribution in [0.3, 0.4) is 0 Å². The minimum atomic E-state index is -3.15. The summed E-state index contributed by atoms with van der Waals surface area (Å²) < 4.78 is 41.6. The lowest BCUT2D eigenvalue weighted by Crippen LogP contribution is -2.68. The van der Waals surface area contributed by atoms with Gasteiger partial charge in [-0.2, -0.15) is 4.39 Å². The topological polar surface area (TPSA) is 109 Å². The molecule has 0 unspecified atom stereocenters. The second-order valence-corrected chi connectivity index (χ2v) is 16.9. The van der Waals surface area contributed by atoms with Gasteiger partial charge >= 0.3 is 11.7 Å². The number of nitrogens with one attached hydrogen (secondary N) is 1. The minimum absolute atomic E-state index is 0.0863. The molecule has 0 amide bonds. The van der Waals surface area contributed by atoms with Crippen LogP contribution in [0.5, 0.6) is 0 Å². The molecule has 47 heavy (non-hydrogen) atoms. The Bertz CT molecular complexity index is 1770. The van der Waals surface area contributed by atoms with Crippen LogP contribution in [-0.2, 0) is 30.0 Å². The van der Waals surface area contributed by atoms with Crippen LogP contribution in [0.1, 0.15) is 39.5 Å². The van der Waals surface area contributed by atoms with Gasteiger partial charge in [-0.15, -0.1) is 6.58 Å². The van der Waals surface area contributed by atoms with Crippen LogP contribution in [0.2, 0.25) is 5.04 Å². The SMILES string of the molecule is C=C[C@]1(CO[Si](c2ccccc2)(c2ccccc2)C(C)(C)C)O[C@@H](n2cc(F)c(=O)[nH]c2=O)[C@H](OC(C)=O)[C@@H]1OCc1ccccc1. The van der Waals surface area contributed by atoms with Crippen molar-refractivity contribution in [2.45, 2.75) is 63.4 Å². The Morgan fingerprint density at radius 2 is 1.55 bits per heavy atom. The van der Waals surface area contributed by atoms with Crippen molar-refractivity contribution in [3.05, 3.63) is 142 Å². The number of benzene rings is 3. The molecular formula is C36H39FN2O7Si. The highest BCUT2D eigenvalue weighted by Gasteiger charge is 2.60. The van der Waals surface area contributed by atoms with Crippen LogP contribution < -0.4 is 21.6 Å². The molecule has 0 spiro atoms. The first-order valence-electron chi connectivity index (χ1n) is 15.3. The first-order valence-corrected chi connectivity index (χ1v) is 17.2. The first kappa shape index (κ1) is 33.9. The van der Waals surface area contributed by atoms with Crippen molar-refractivity contribution >= 4 is 24.7 Å². The van der Waals surface area contributed by atoms with Crippen molar-refractivity contribution in [3.63, 3.8) is 0 Å². The minimum Gasteiger partial charge on any atom is -0.455 e. The number of aromatic amines is 1. The molecule has 0 radical (unpaired) electrons. The number of carbonyl (C=O) groups is 1. The molecule has 1 aromatic heterocycles. The molecule has 2 heterocycles. The summed E-state index contributed by atoms with van der Waals surface area (Å²) in [7, 11) is -3.15. The fraction of sp³-hybridized carbons (Fsp3) is 0.306. The molecule has 1 aliphatic rings. The summed E-state index contributed by atoms with van der Waals surface area (Å²) in [5, 5.41) is 1.64. The van der Waals surface area contributed by atoms with Gasteiger partial charge in [0.05, 0.1) is 19.4 Å². The van der Waals surface area contributed by atoms with Gasteiger partial charge in [-0.1, -0.05) is 118 Å². The molecule has 1 saturated heterocycles. The molecule has 4 aromatic rings. The second-order valence-electron chi connectivity index (χ2n) is 12.6. The summed E-state index contributed by atoms with van der Waals surface area (Å²) in [6, 6.07) is 29.4. The van der Waals surface area contributed by atoms with Crippen LogP contribution >= 0.6 is 0 Å². The van der Waals surface area contributed by atoms with Gasteiger partial charge in [0.15, 0.2) is 12.3 Å². The highest BCUT2D eigenvalue weighted by molar-refractivity contribution is 6.99. The number of H-pyrrole nitrogens is 1. The molecule has 0 aliphatic carbocycles. The maximum absolute atomic E-state index is 14.6. The van der Waals surface area contributed by atoms with E-state index in [1.165, 1.54) is 13.0 Å². The van der Waals surface area contributed by atoms with Crippen molar-refractivity contribution in [2.75, 3.05) is 6.61 Å². The van der Waals surface area contributed by atoms with Crippen LogP contribution in [0.4, 0.5) is 4.39 Å². The first-order chi connectivity index (χ1) is 22.4. The van der Waals surface area contributed by atoms with Crippen LogP contribution in [-0.4, -0.2) is 48.3 Å². The second kappa shape index (κ2) is 13.7. The molecule has 1 fully saturated rings. The summed E-state index contributed by atoms with van der Waals surface area (Å²) in [5.41, 5.74) is -2.82. The van der Waals surface area contributed by atoms with Crippen LogP contribution in [0.25, 0.3) is 0 Å². The molecule has 1 N–H and O–H groups in total. The van der Waals surface area contributed by atoms with Gasteiger partial charge in [0.1, 0.15) is 11.7 Å². The highest BCUT2D eigenvalue weighted by Crippen LogP contribution is 2.44. The van der Waals surface area contributed by atoms with Gasteiger partial charge in [-0.25, -0.2) is 4.79 Å². The van der Waals surface area contributed by atoms with E-state index < -0.39 is 60.4 Å².